The van der Waals surface area contributed by atoms with E-state index in [-0.39, 0.29) is 18.9 Å². The fraction of sp³-hybridized carbons (Fsp3) is 0.250. The minimum atomic E-state index is -0.997. The third kappa shape index (κ3) is 4.90. The minimum absolute atomic E-state index is 0.215. The average molecular weight is 290 g/mol. The third-order valence-electron chi connectivity index (χ3n) is 2.42. The number of hydrogen-bond donors (Lipinski definition) is 3. The third-order valence-corrected chi connectivity index (χ3v) is 2.42. The van der Waals surface area contributed by atoms with Crippen LogP contribution in [0.3, 0.4) is 0 Å². The summed E-state index contributed by atoms with van der Waals surface area (Å²) in [6.07, 6.45) is 6.29. The Bertz CT molecular complexity index is 612. The molecule has 0 aliphatic heterocycles. The van der Waals surface area contributed by atoms with Crippen molar-refractivity contribution in [3.63, 3.8) is 0 Å². The molecular formula is C12H14N6O3. The average Bonchev–Trinajstić information content (AvgIpc) is 2.86. The van der Waals surface area contributed by atoms with Gasteiger partial charge in [0.1, 0.15) is 6.54 Å². The van der Waals surface area contributed by atoms with Crippen molar-refractivity contribution in [2.75, 3.05) is 17.2 Å². The van der Waals surface area contributed by atoms with Gasteiger partial charge in [0.15, 0.2) is 0 Å². The molecule has 0 saturated carbocycles. The Balaban J connectivity index is 1.74. The lowest BCUT2D eigenvalue weighted by atomic mass is 10.4. The van der Waals surface area contributed by atoms with Crippen LogP contribution in [0.1, 0.15) is 6.42 Å². The Kier molecular flexibility index (Phi) is 4.80. The van der Waals surface area contributed by atoms with E-state index in [4.69, 9.17) is 5.11 Å². The standard InChI is InChI=1S/C12H14N6O3/c19-10(2-5-15-12-13-3-1-4-14-12)17-9-6-16-18(7-9)8-11(20)21/h1,3-4,6-7H,2,5,8H2,(H,17,19)(H,20,21)(H,13,14,15). The smallest absolute Gasteiger partial charge is 0.325 e. The Hall–Kier alpha value is -2.97. The maximum atomic E-state index is 11.7. The highest BCUT2D eigenvalue weighted by atomic mass is 16.4. The van der Waals surface area contributed by atoms with Gasteiger partial charge in [0.2, 0.25) is 11.9 Å². The van der Waals surface area contributed by atoms with Crippen LogP contribution < -0.4 is 10.6 Å². The number of rotatable bonds is 7. The number of carboxylic acids is 1. The van der Waals surface area contributed by atoms with Crippen LogP contribution in [-0.4, -0.2) is 43.3 Å². The van der Waals surface area contributed by atoms with Gasteiger partial charge in [-0.2, -0.15) is 5.10 Å². The van der Waals surface area contributed by atoms with Crippen LogP contribution in [-0.2, 0) is 16.1 Å². The zero-order valence-electron chi connectivity index (χ0n) is 11.1. The summed E-state index contributed by atoms with van der Waals surface area (Å²) in [5, 5.41) is 18.0. The van der Waals surface area contributed by atoms with Gasteiger partial charge in [-0.3, -0.25) is 14.3 Å². The summed E-state index contributed by atoms with van der Waals surface area (Å²) in [7, 11) is 0. The van der Waals surface area contributed by atoms with E-state index >= 15 is 0 Å². The molecule has 0 saturated heterocycles. The first kappa shape index (κ1) is 14.4. The van der Waals surface area contributed by atoms with Crippen molar-refractivity contribution in [1.29, 1.82) is 0 Å². The van der Waals surface area contributed by atoms with Crippen molar-refractivity contribution in [2.24, 2.45) is 0 Å². The highest BCUT2D eigenvalue weighted by Crippen LogP contribution is 2.05. The first-order chi connectivity index (χ1) is 10.1. The minimum Gasteiger partial charge on any atom is -0.480 e. The van der Waals surface area contributed by atoms with Gasteiger partial charge >= 0.3 is 5.97 Å². The lowest BCUT2D eigenvalue weighted by Crippen LogP contribution is -2.16. The van der Waals surface area contributed by atoms with Crippen LogP contribution in [0.5, 0.6) is 0 Å². The molecule has 0 bridgehead atoms. The van der Waals surface area contributed by atoms with Gasteiger partial charge in [-0.25, -0.2) is 9.97 Å². The molecule has 110 valence electrons. The molecule has 2 aromatic rings. The molecule has 2 aromatic heterocycles. The summed E-state index contributed by atoms with van der Waals surface area (Å²) < 4.78 is 1.23. The zero-order valence-corrected chi connectivity index (χ0v) is 11.1. The molecule has 1 amide bonds. The summed E-state index contributed by atoms with van der Waals surface area (Å²) in [5.41, 5.74) is 0.456. The molecule has 2 rings (SSSR count). The van der Waals surface area contributed by atoms with Crippen molar-refractivity contribution >= 4 is 23.5 Å². The number of carbonyl (C=O) groups is 2. The van der Waals surface area contributed by atoms with E-state index in [1.807, 2.05) is 0 Å². The van der Waals surface area contributed by atoms with E-state index in [1.54, 1.807) is 18.5 Å². The second kappa shape index (κ2) is 6.98. The molecule has 0 aliphatic carbocycles. The number of nitrogens with zero attached hydrogens (tertiary/aromatic N) is 4. The van der Waals surface area contributed by atoms with Crippen LogP contribution in [0.2, 0.25) is 0 Å². The Morgan fingerprint density at radius 2 is 2.05 bits per heavy atom. The number of nitrogens with one attached hydrogen (secondary N) is 2. The summed E-state index contributed by atoms with van der Waals surface area (Å²) in [5.74, 6) is -0.754. The molecule has 21 heavy (non-hydrogen) atoms. The summed E-state index contributed by atoms with van der Waals surface area (Å²) in [4.78, 5) is 30.1. The number of aliphatic carboxylic acids is 1. The first-order valence-corrected chi connectivity index (χ1v) is 6.18. The van der Waals surface area contributed by atoms with Crippen LogP contribution in [0.15, 0.2) is 30.9 Å². The van der Waals surface area contributed by atoms with E-state index in [0.29, 0.717) is 18.2 Å². The first-order valence-electron chi connectivity index (χ1n) is 6.18. The monoisotopic (exact) mass is 290 g/mol. The van der Waals surface area contributed by atoms with Gasteiger partial charge < -0.3 is 15.7 Å². The molecule has 9 nitrogen and oxygen atoms in total. The van der Waals surface area contributed by atoms with Crippen molar-refractivity contribution in [3.05, 3.63) is 30.9 Å². The van der Waals surface area contributed by atoms with Gasteiger partial charge in [-0.05, 0) is 6.07 Å². The normalized spacial score (nSPS) is 10.1. The highest BCUT2D eigenvalue weighted by molar-refractivity contribution is 5.90. The predicted octanol–water partition coefficient (Wildman–Crippen LogP) is 0.198. The van der Waals surface area contributed by atoms with E-state index in [0.717, 1.165) is 0 Å². The number of anilines is 2. The molecule has 0 unspecified atom stereocenters. The van der Waals surface area contributed by atoms with Gasteiger partial charge in [0, 0.05) is 31.6 Å². The van der Waals surface area contributed by atoms with Crippen LogP contribution in [0.25, 0.3) is 0 Å². The predicted molar refractivity (Wildman–Crippen MR) is 73.6 cm³/mol. The highest BCUT2D eigenvalue weighted by Gasteiger charge is 2.06. The SMILES string of the molecule is O=C(O)Cn1cc(NC(=O)CCNc2ncccn2)cn1. The van der Waals surface area contributed by atoms with Gasteiger partial charge in [0.05, 0.1) is 11.9 Å². The molecule has 3 N–H and O–H groups in total. The van der Waals surface area contributed by atoms with Gasteiger partial charge in [-0.1, -0.05) is 0 Å². The summed E-state index contributed by atoms with van der Waals surface area (Å²) >= 11 is 0. The fourth-order valence-electron chi connectivity index (χ4n) is 1.55. The molecule has 0 aliphatic rings. The van der Waals surface area contributed by atoms with Crippen LogP contribution >= 0.6 is 0 Å². The maximum Gasteiger partial charge on any atom is 0.325 e. The second-order valence-electron chi connectivity index (χ2n) is 4.12. The van der Waals surface area contributed by atoms with E-state index < -0.39 is 5.97 Å². The lowest BCUT2D eigenvalue weighted by Gasteiger charge is -2.04. The van der Waals surface area contributed by atoms with E-state index in [1.165, 1.54) is 17.1 Å². The fourth-order valence-corrected chi connectivity index (χ4v) is 1.55. The Labute approximate surface area is 120 Å². The number of carbonyl (C=O) groups excluding carboxylic acids is 1. The molecule has 0 atom stereocenters. The maximum absolute atomic E-state index is 11.7. The van der Waals surface area contributed by atoms with Gasteiger partial charge in [-0.15, -0.1) is 0 Å². The second-order valence-corrected chi connectivity index (χ2v) is 4.12. The topological polar surface area (TPSA) is 122 Å². The quantitative estimate of drug-likeness (QED) is 0.665. The molecule has 9 heteroatoms. The summed E-state index contributed by atoms with van der Waals surface area (Å²) in [6.45, 7) is 0.141. The van der Waals surface area contributed by atoms with Crippen molar-refractivity contribution in [2.45, 2.75) is 13.0 Å². The number of carboxylic acid groups (broad SMARTS) is 1. The molecule has 0 radical (unpaired) electrons. The van der Waals surface area contributed by atoms with E-state index in [2.05, 4.69) is 25.7 Å². The van der Waals surface area contributed by atoms with Crippen molar-refractivity contribution in [3.8, 4) is 0 Å². The Morgan fingerprint density at radius 1 is 1.29 bits per heavy atom. The number of hydrogen-bond acceptors (Lipinski definition) is 6. The molecular weight excluding hydrogens is 276 g/mol. The zero-order chi connectivity index (χ0) is 15.1. The molecule has 0 spiro atoms. The van der Waals surface area contributed by atoms with Gasteiger partial charge in [0.25, 0.3) is 0 Å². The molecule has 2 heterocycles. The number of amides is 1. The van der Waals surface area contributed by atoms with Crippen molar-refractivity contribution < 1.29 is 14.7 Å². The van der Waals surface area contributed by atoms with Crippen LogP contribution in [0.4, 0.5) is 11.6 Å². The van der Waals surface area contributed by atoms with Crippen LogP contribution in [0, 0.1) is 0 Å². The largest absolute Gasteiger partial charge is 0.480 e. The Morgan fingerprint density at radius 3 is 2.76 bits per heavy atom. The molecule has 0 fully saturated rings. The summed E-state index contributed by atoms with van der Waals surface area (Å²) in [6, 6.07) is 1.70. The van der Waals surface area contributed by atoms with E-state index in [9.17, 15) is 9.59 Å². The van der Waals surface area contributed by atoms with Crippen molar-refractivity contribution in [1.82, 2.24) is 19.7 Å². The number of aromatic nitrogens is 4. The lowest BCUT2D eigenvalue weighted by molar-refractivity contribution is -0.137. The molecule has 0 aromatic carbocycles.